The van der Waals surface area contributed by atoms with E-state index in [1.807, 2.05) is 19.2 Å². The number of likely N-dealkylation sites (N-methyl/N-ethyl adjacent to an activating group) is 2. The van der Waals surface area contributed by atoms with Gasteiger partial charge in [0.05, 0.1) is 12.3 Å². The van der Waals surface area contributed by atoms with Crippen molar-refractivity contribution in [3.8, 4) is 17.0 Å². The van der Waals surface area contributed by atoms with Gasteiger partial charge >= 0.3 is 10.2 Å². The van der Waals surface area contributed by atoms with Crippen LogP contribution in [0.5, 0.6) is 5.75 Å². The van der Waals surface area contributed by atoms with Crippen molar-refractivity contribution in [2.75, 3.05) is 53.4 Å². The number of nitrogens with zero attached hydrogens (tertiary/aromatic N) is 4. The summed E-state index contributed by atoms with van der Waals surface area (Å²) in [5.41, 5.74) is 6.39. The highest BCUT2D eigenvalue weighted by molar-refractivity contribution is 7.87. The van der Waals surface area contributed by atoms with E-state index >= 15 is 0 Å². The number of para-hydroxylation sites is 1. The molecule has 2 fully saturated rings. The molecule has 4 bridgehead atoms. The number of aromatic nitrogens is 1. The lowest BCUT2D eigenvalue weighted by Crippen LogP contribution is -2.44. The highest BCUT2D eigenvalue weighted by Gasteiger charge is 2.32. The number of ether oxygens (including phenoxy) is 1. The normalized spacial score (nSPS) is 24.0. The minimum atomic E-state index is -3.98. The van der Waals surface area contributed by atoms with E-state index in [1.54, 1.807) is 0 Å². The second-order valence-corrected chi connectivity index (χ2v) is 16.2. The van der Waals surface area contributed by atoms with Crippen LogP contribution in [0.15, 0.2) is 36.4 Å². The zero-order chi connectivity index (χ0) is 32.5. The van der Waals surface area contributed by atoms with Crippen LogP contribution in [-0.2, 0) is 23.3 Å². The molecule has 0 radical (unpaired) electrons. The highest BCUT2D eigenvalue weighted by Crippen LogP contribution is 2.48. The second-order valence-electron chi connectivity index (χ2n) is 14.5. The minimum absolute atomic E-state index is 0.293. The fourth-order valence-corrected chi connectivity index (χ4v) is 9.19. The summed E-state index contributed by atoms with van der Waals surface area (Å²) in [5.74, 6) is 1.14. The first kappa shape index (κ1) is 32.6. The SMILES string of the molecule is CN1CCCC2COc3c(CN4CCCCC4)cccc3-c3c(C4CCCCC4)c4ccc(cc4n3C2)C(=O)NS(=O)(=O)N(C)CC1. The van der Waals surface area contributed by atoms with Crippen LogP contribution in [0.4, 0.5) is 0 Å². The molecule has 1 aromatic heterocycles. The quantitative estimate of drug-likeness (QED) is 0.372. The van der Waals surface area contributed by atoms with Crippen molar-refractivity contribution in [2.24, 2.45) is 5.92 Å². The summed E-state index contributed by atoms with van der Waals surface area (Å²) in [7, 11) is -0.415. The van der Waals surface area contributed by atoms with Crippen molar-refractivity contribution >= 4 is 27.0 Å². The summed E-state index contributed by atoms with van der Waals surface area (Å²) in [5, 5.41) is 1.18. The molecule has 254 valence electrons. The summed E-state index contributed by atoms with van der Waals surface area (Å²) in [6, 6.07) is 12.5. The van der Waals surface area contributed by atoms with E-state index in [9.17, 15) is 13.2 Å². The third-order valence-corrected chi connectivity index (χ3v) is 12.5. The maximum atomic E-state index is 13.5. The van der Waals surface area contributed by atoms with Gasteiger partial charge in [0.15, 0.2) is 0 Å². The number of likely N-dealkylation sites (tertiary alicyclic amines) is 1. The Balaban J connectivity index is 1.41. The first-order chi connectivity index (χ1) is 22.8. The molecule has 1 N–H and O–H groups in total. The van der Waals surface area contributed by atoms with E-state index in [2.05, 4.69) is 43.4 Å². The average molecular weight is 662 g/mol. The molecule has 7 rings (SSSR count). The van der Waals surface area contributed by atoms with Gasteiger partial charge in [-0.05, 0) is 94.9 Å². The van der Waals surface area contributed by atoms with Crippen LogP contribution in [0.2, 0.25) is 0 Å². The van der Waals surface area contributed by atoms with Gasteiger partial charge in [0.2, 0.25) is 0 Å². The van der Waals surface area contributed by atoms with Gasteiger partial charge in [-0.15, -0.1) is 0 Å². The number of amides is 1. The lowest BCUT2D eigenvalue weighted by molar-refractivity contribution is 0.0979. The molecular formula is C37H51N5O4S. The van der Waals surface area contributed by atoms with Gasteiger partial charge in [-0.3, -0.25) is 9.69 Å². The van der Waals surface area contributed by atoms with E-state index in [-0.39, 0.29) is 0 Å². The van der Waals surface area contributed by atoms with Crippen molar-refractivity contribution in [1.82, 2.24) is 23.4 Å². The Labute approximate surface area is 280 Å². The van der Waals surface area contributed by atoms with Crippen molar-refractivity contribution in [3.63, 3.8) is 0 Å². The van der Waals surface area contributed by atoms with E-state index in [1.165, 1.54) is 72.1 Å². The Morgan fingerprint density at radius 2 is 1.66 bits per heavy atom. The van der Waals surface area contributed by atoms with Crippen LogP contribution in [0.1, 0.15) is 91.6 Å². The lowest BCUT2D eigenvalue weighted by Gasteiger charge is -2.31. The van der Waals surface area contributed by atoms with Gasteiger partial charge in [0.25, 0.3) is 5.91 Å². The minimum Gasteiger partial charge on any atom is -0.492 e. The molecule has 1 amide bonds. The van der Waals surface area contributed by atoms with E-state index in [0.29, 0.717) is 37.1 Å². The molecule has 47 heavy (non-hydrogen) atoms. The topological polar surface area (TPSA) is 87.1 Å². The second kappa shape index (κ2) is 13.9. The van der Waals surface area contributed by atoms with Gasteiger partial charge in [-0.1, -0.05) is 43.9 Å². The van der Waals surface area contributed by atoms with Gasteiger partial charge < -0.3 is 14.2 Å². The summed E-state index contributed by atoms with van der Waals surface area (Å²) in [6.45, 7) is 6.35. The first-order valence-electron chi connectivity index (χ1n) is 17.9. The third-order valence-electron chi connectivity index (χ3n) is 11.1. The number of benzene rings is 2. The van der Waals surface area contributed by atoms with Crippen LogP contribution in [0.3, 0.4) is 0 Å². The largest absolute Gasteiger partial charge is 0.492 e. The fourth-order valence-electron chi connectivity index (χ4n) is 8.36. The van der Waals surface area contributed by atoms with E-state index < -0.39 is 16.1 Å². The fraction of sp³-hybridized carbons (Fsp3) is 0.595. The summed E-state index contributed by atoms with van der Waals surface area (Å²) < 4.78 is 39.3. The van der Waals surface area contributed by atoms with Gasteiger partial charge in [0, 0.05) is 66.7 Å². The molecule has 1 saturated heterocycles. The number of rotatable bonds is 3. The molecule has 10 heteroatoms. The van der Waals surface area contributed by atoms with Crippen molar-refractivity contribution < 1.29 is 17.9 Å². The number of fused-ring (bicyclic) bond motifs is 4. The Bertz CT molecular complexity index is 1710. The molecule has 1 saturated carbocycles. The number of piperidine rings is 1. The number of nitrogens with one attached hydrogen (secondary N) is 1. The number of hydrogen-bond acceptors (Lipinski definition) is 6. The molecule has 3 aliphatic heterocycles. The zero-order valence-corrected chi connectivity index (χ0v) is 29.0. The van der Waals surface area contributed by atoms with Crippen molar-refractivity contribution in [3.05, 3.63) is 53.1 Å². The maximum Gasteiger partial charge on any atom is 0.303 e. The molecule has 4 heterocycles. The Kier molecular flexibility index (Phi) is 9.65. The third kappa shape index (κ3) is 6.84. The average Bonchev–Trinajstić information content (AvgIpc) is 3.38. The monoisotopic (exact) mass is 661 g/mol. The van der Waals surface area contributed by atoms with Crippen LogP contribution in [0, 0.1) is 5.92 Å². The molecule has 9 nitrogen and oxygen atoms in total. The molecule has 1 unspecified atom stereocenters. The number of carbonyl (C=O) groups is 1. The summed E-state index contributed by atoms with van der Waals surface area (Å²) in [6.07, 6.45) is 11.8. The maximum absolute atomic E-state index is 13.5. The Morgan fingerprint density at radius 1 is 0.872 bits per heavy atom. The van der Waals surface area contributed by atoms with E-state index in [0.717, 1.165) is 75.2 Å². The molecule has 0 spiro atoms. The molecule has 2 aromatic carbocycles. The molecular weight excluding hydrogens is 611 g/mol. The van der Waals surface area contributed by atoms with Crippen molar-refractivity contribution in [2.45, 2.75) is 83.2 Å². The number of carbonyl (C=O) groups excluding carboxylic acids is 1. The van der Waals surface area contributed by atoms with E-state index in [4.69, 9.17) is 4.74 Å². The molecule has 4 aliphatic rings. The summed E-state index contributed by atoms with van der Waals surface area (Å²) >= 11 is 0. The number of hydrogen-bond donors (Lipinski definition) is 1. The first-order valence-corrected chi connectivity index (χ1v) is 19.3. The van der Waals surface area contributed by atoms with Crippen LogP contribution in [0.25, 0.3) is 22.2 Å². The van der Waals surface area contributed by atoms with Crippen LogP contribution < -0.4 is 9.46 Å². The molecule has 3 aromatic rings. The Hall–Kier alpha value is -2.92. The standard InChI is InChI=1S/C37H51N5O4S/c1-39-18-10-11-27-24-42-33-23-29(37(43)38-47(44,45)40(2)22-21-39)16-17-31(33)34(28-12-5-3-6-13-28)35(42)32-15-9-14-30(36(32)46-26-27)25-41-19-7-4-8-20-41/h9,14-17,23,27-28H,3-8,10-13,18-22,24-26H2,1-2H3,(H,38,43). The predicted molar refractivity (Wildman–Crippen MR) is 187 cm³/mol. The predicted octanol–water partition coefficient (Wildman–Crippen LogP) is 5.98. The van der Waals surface area contributed by atoms with Crippen LogP contribution >= 0.6 is 0 Å². The molecule has 1 aliphatic carbocycles. The van der Waals surface area contributed by atoms with Crippen molar-refractivity contribution in [1.29, 1.82) is 0 Å². The molecule has 1 atom stereocenters. The Morgan fingerprint density at radius 3 is 2.47 bits per heavy atom. The summed E-state index contributed by atoms with van der Waals surface area (Å²) in [4.78, 5) is 18.3. The van der Waals surface area contributed by atoms with Gasteiger partial charge in [-0.25, -0.2) is 4.72 Å². The van der Waals surface area contributed by atoms with Gasteiger partial charge in [-0.2, -0.15) is 12.7 Å². The van der Waals surface area contributed by atoms with Gasteiger partial charge in [0.1, 0.15) is 5.75 Å². The smallest absolute Gasteiger partial charge is 0.303 e. The zero-order valence-electron chi connectivity index (χ0n) is 28.2. The lowest BCUT2D eigenvalue weighted by atomic mass is 9.81. The highest BCUT2D eigenvalue weighted by atomic mass is 32.2. The van der Waals surface area contributed by atoms with Crippen LogP contribution in [-0.4, -0.2) is 86.4 Å².